The predicted molar refractivity (Wildman–Crippen MR) is 68.9 cm³/mol. The standard InChI is InChI=1S/C13H20N2O4/c1-18-10-12(13(16)17)15-6-4-14(5-7-15)9-11-3-2-8-19-11/h2-3,8,12H,4-7,9-10H2,1H3,(H,16,17). The van der Waals surface area contributed by atoms with Gasteiger partial charge in [0.25, 0.3) is 0 Å². The van der Waals surface area contributed by atoms with Gasteiger partial charge >= 0.3 is 5.97 Å². The van der Waals surface area contributed by atoms with Gasteiger partial charge in [0.05, 0.1) is 19.4 Å². The molecule has 1 atom stereocenters. The maximum atomic E-state index is 11.2. The molecule has 1 aliphatic heterocycles. The maximum absolute atomic E-state index is 11.2. The lowest BCUT2D eigenvalue weighted by Crippen LogP contribution is -2.53. The number of piperazine rings is 1. The van der Waals surface area contributed by atoms with Crippen LogP contribution >= 0.6 is 0 Å². The van der Waals surface area contributed by atoms with Gasteiger partial charge in [-0.3, -0.25) is 14.6 Å². The van der Waals surface area contributed by atoms with Crippen molar-refractivity contribution >= 4 is 5.97 Å². The fourth-order valence-corrected chi connectivity index (χ4v) is 2.35. The Bertz CT molecular complexity index is 385. The van der Waals surface area contributed by atoms with Gasteiger partial charge in [0, 0.05) is 33.3 Å². The van der Waals surface area contributed by atoms with Crippen LogP contribution in [0.4, 0.5) is 0 Å². The zero-order chi connectivity index (χ0) is 13.7. The molecule has 2 heterocycles. The van der Waals surface area contributed by atoms with Gasteiger partial charge in [0.2, 0.25) is 0 Å². The predicted octanol–water partition coefficient (Wildman–Crippen LogP) is 0.497. The summed E-state index contributed by atoms with van der Waals surface area (Å²) in [6.45, 7) is 4.17. The van der Waals surface area contributed by atoms with Crippen LogP contribution in [0.15, 0.2) is 22.8 Å². The summed E-state index contributed by atoms with van der Waals surface area (Å²) in [7, 11) is 1.53. The molecule has 0 bridgehead atoms. The smallest absolute Gasteiger partial charge is 0.323 e. The van der Waals surface area contributed by atoms with Crippen molar-refractivity contribution in [1.29, 1.82) is 0 Å². The molecule has 1 fully saturated rings. The van der Waals surface area contributed by atoms with Crippen LogP contribution in [0, 0.1) is 0 Å². The molecule has 6 heteroatoms. The molecule has 6 nitrogen and oxygen atoms in total. The summed E-state index contributed by atoms with van der Waals surface area (Å²) in [4.78, 5) is 15.4. The molecule has 1 saturated heterocycles. The van der Waals surface area contributed by atoms with Gasteiger partial charge in [-0.05, 0) is 12.1 Å². The van der Waals surface area contributed by atoms with E-state index < -0.39 is 12.0 Å². The van der Waals surface area contributed by atoms with E-state index in [1.54, 1.807) is 6.26 Å². The molecule has 19 heavy (non-hydrogen) atoms. The van der Waals surface area contributed by atoms with Gasteiger partial charge < -0.3 is 14.3 Å². The lowest BCUT2D eigenvalue weighted by Gasteiger charge is -2.37. The van der Waals surface area contributed by atoms with E-state index in [2.05, 4.69) is 4.90 Å². The van der Waals surface area contributed by atoms with E-state index >= 15 is 0 Å². The topological polar surface area (TPSA) is 66.2 Å². The van der Waals surface area contributed by atoms with Gasteiger partial charge in [-0.2, -0.15) is 0 Å². The molecule has 1 N–H and O–H groups in total. The van der Waals surface area contributed by atoms with Crippen molar-refractivity contribution in [3.8, 4) is 0 Å². The molecule has 2 rings (SSSR count). The van der Waals surface area contributed by atoms with Gasteiger partial charge in [0.15, 0.2) is 0 Å². The SMILES string of the molecule is COCC(C(=O)O)N1CCN(Cc2ccco2)CC1. The number of rotatable bonds is 6. The fourth-order valence-electron chi connectivity index (χ4n) is 2.35. The fraction of sp³-hybridized carbons (Fsp3) is 0.615. The third kappa shape index (κ3) is 3.79. The summed E-state index contributed by atoms with van der Waals surface area (Å²) in [5.74, 6) is 0.126. The van der Waals surface area contributed by atoms with Crippen LogP contribution < -0.4 is 0 Å². The van der Waals surface area contributed by atoms with E-state index in [1.807, 2.05) is 17.0 Å². The van der Waals surface area contributed by atoms with E-state index in [9.17, 15) is 9.90 Å². The molecule has 0 saturated carbocycles. The highest BCUT2D eigenvalue weighted by molar-refractivity contribution is 5.73. The monoisotopic (exact) mass is 268 g/mol. The summed E-state index contributed by atoms with van der Waals surface area (Å²) in [5.41, 5.74) is 0. The molecular weight excluding hydrogens is 248 g/mol. The number of hydrogen-bond acceptors (Lipinski definition) is 5. The van der Waals surface area contributed by atoms with Crippen molar-refractivity contribution in [2.24, 2.45) is 0 Å². The molecule has 1 aromatic heterocycles. The van der Waals surface area contributed by atoms with E-state index in [-0.39, 0.29) is 6.61 Å². The van der Waals surface area contributed by atoms with Crippen molar-refractivity contribution in [2.75, 3.05) is 39.9 Å². The average molecular weight is 268 g/mol. The normalized spacial score (nSPS) is 19.4. The van der Waals surface area contributed by atoms with Gasteiger partial charge in [0.1, 0.15) is 11.8 Å². The summed E-state index contributed by atoms with van der Waals surface area (Å²) in [6.07, 6.45) is 1.67. The first-order valence-electron chi connectivity index (χ1n) is 6.41. The number of carboxylic acids is 1. The molecule has 1 aromatic rings. The van der Waals surface area contributed by atoms with Gasteiger partial charge in [-0.15, -0.1) is 0 Å². The van der Waals surface area contributed by atoms with Crippen LogP contribution in [0.2, 0.25) is 0 Å². The Morgan fingerprint density at radius 3 is 2.74 bits per heavy atom. The Hall–Kier alpha value is -1.37. The molecule has 1 aliphatic rings. The van der Waals surface area contributed by atoms with Crippen LogP contribution in [0.3, 0.4) is 0 Å². The second-order valence-corrected chi connectivity index (χ2v) is 4.70. The van der Waals surface area contributed by atoms with Crippen molar-refractivity contribution < 1.29 is 19.1 Å². The first kappa shape index (κ1) is 14.0. The highest BCUT2D eigenvalue weighted by Crippen LogP contribution is 2.11. The van der Waals surface area contributed by atoms with E-state index in [0.29, 0.717) is 0 Å². The summed E-state index contributed by atoms with van der Waals surface area (Å²) < 4.78 is 10.3. The number of ether oxygens (including phenoxy) is 1. The van der Waals surface area contributed by atoms with Crippen LogP contribution in [0.5, 0.6) is 0 Å². The first-order valence-corrected chi connectivity index (χ1v) is 6.41. The Morgan fingerprint density at radius 2 is 2.21 bits per heavy atom. The van der Waals surface area contributed by atoms with Crippen molar-refractivity contribution in [3.05, 3.63) is 24.2 Å². The molecule has 0 radical (unpaired) electrons. The van der Waals surface area contributed by atoms with E-state index in [4.69, 9.17) is 9.15 Å². The third-order valence-electron chi connectivity index (χ3n) is 3.42. The van der Waals surface area contributed by atoms with Crippen LogP contribution in [0.1, 0.15) is 5.76 Å². The minimum Gasteiger partial charge on any atom is -0.480 e. The number of carbonyl (C=O) groups is 1. The van der Waals surface area contributed by atoms with Gasteiger partial charge in [-0.1, -0.05) is 0 Å². The Balaban J connectivity index is 1.82. The minimum atomic E-state index is -0.818. The molecule has 0 amide bonds. The number of hydrogen-bond donors (Lipinski definition) is 1. The highest BCUT2D eigenvalue weighted by atomic mass is 16.5. The number of nitrogens with zero attached hydrogens (tertiary/aromatic N) is 2. The second kappa shape index (κ2) is 6.70. The third-order valence-corrected chi connectivity index (χ3v) is 3.42. The Morgan fingerprint density at radius 1 is 1.47 bits per heavy atom. The van der Waals surface area contributed by atoms with Crippen LogP contribution in [-0.4, -0.2) is 66.8 Å². The molecule has 1 unspecified atom stereocenters. The molecule has 0 spiro atoms. The number of carboxylic acid groups (broad SMARTS) is 1. The van der Waals surface area contributed by atoms with Crippen LogP contribution in [-0.2, 0) is 16.1 Å². The van der Waals surface area contributed by atoms with Crippen molar-refractivity contribution in [3.63, 3.8) is 0 Å². The second-order valence-electron chi connectivity index (χ2n) is 4.70. The number of furan rings is 1. The minimum absolute atomic E-state index is 0.230. The van der Waals surface area contributed by atoms with Gasteiger partial charge in [-0.25, -0.2) is 0 Å². The van der Waals surface area contributed by atoms with Crippen LogP contribution in [0.25, 0.3) is 0 Å². The summed E-state index contributed by atoms with van der Waals surface area (Å²) in [6, 6.07) is 3.29. The zero-order valence-corrected chi connectivity index (χ0v) is 11.1. The van der Waals surface area contributed by atoms with Crippen molar-refractivity contribution in [2.45, 2.75) is 12.6 Å². The summed E-state index contributed by atoms with van der Waals surface area (Å²) in [5, 5.41) is 9.18. The van der Waals surface area contributed by atoms with Crippen molar-refractivity contribution in [1.82, 2.24) is 9.80 Å². The molecule has 0 aromatic carbocycles. The lowest BCUT2D eigenvalue weighted by atomic mass is 10.2. The lowest BCUT2D eigenvalue weighted by molar-refractivity contribution is -0.146. The zero-order valence-electron chi connectivity index (χ0n) is 11.1. The number of methoxy groups -OCH3 is 1. The molecular formula is C13H20N2O4. The quantitative estimate of drug-likeness (QED) is 0.810. The summed E-state index contributed by atoms with van der Waals surface area (Å²) >= 11 is 0. The molecule has 106 valence electrons. The maximum Gasteiger partial charge on any atom is 0.323 e. The average Bonchev–Trinajstić information content (AvgIpc) is 2.90. The largest absolute Gasteiger partial charge is 0.480 e. The first-order chi connectivity index (χ1) is 9.20. The number of aliphatic carboxylic acids is 1. The molecule has 0 aliphatic carbocycles. The Labute approximate surface area is 112 Å². The van der Waals surface area contributed by atoms with E-state index in [0.717, 1.165) is 38.5 Å². The Kier molecular flexibility index (Phi) is 4.95. The highest BCUT2D eigenvalue weighted by Gasteiger charge is 2.28. The van der Waals surface area contributed by atoms with E-state index in [1.165, 1.54) is 7.11 Å².